The number of rotatable bonds is 4. The third-order valence-corrected chi connectivity index (χ3v) is 4.48. The standard InChI is InChI=1S/C19H21FN4O3/c1-13(14-4-3-5-15(10-14)27-2)22-19(26)23-8-9-24(18(25)12-23)17-6-7-21-11-16(17)20/h3-7,10-11,13H,8-9,12H2,1-2H3,(H,22,26)/t13-/m1/s1. The molecule has 1 fully saturated rings. The lowest BCUT2D eigenvalue weighted by Gasteiger charge is -2.35. The van der Waals surface area contributed by atoms with Gasteiger partial charge in [-0.1, -0.05) is 12.1 Å². The van der Waals surface area contributed by atoms with Gasteiger partial charge in [0.1, 0.15) is 12.3 Å². The Hall–Kier alpha value is -3.16. The molecule has 0 saturated carbocycles. The van der Waals surface area contributed by atoms with Crippen molar-refractivity contribution in [1.29, 1.82) is 0 Å². The Morgan fingerprint density at radius 1 is 1.33 bits per heavy atom. The number of carbonyl (C=O) groups is 2. The number of methoxy groups -OCH3 is 1. The van der Waals surface area contributed by atoms with Gasteiger partial charge < -0.3 is 19.9 Å². The number of anilines is 1. The minimum Gasteiger partial charge on any atom is -0.497 e. The number of pyridine rings is 1. The van der Waals surface area contributed by atoms with Crippen LogP contribution in [-0.2, 0) is 4.79 Å². The summed E-state index contributed by atoms with van der Waals surface area (Å²) in [4.78, 5) is 31.4. The fourth-order valence-corrected chi connectivity index (χ4v) is 2.96. The van der Waals surface area contributed by atoms with E-state index >= 15 is 0 Å². The fourth-order valence-electron chi connectivity index (χ4n) is 2.96. The van der Waals surface area contributed by atoms with Crippen LogP contribution in [0.2, 0.25) is 0 Å². The largest absolute Gasteiger partial charge is 0.497 e. The molecule has 142 valence electrons. The lowest BCUT2D eigenvalue weighted by molar-refractivity contribution is -0.120. The van der Waals surface area contributed by atoms with E-state index in [2.05, 4.69) is 10.3 Å². The topological polar surface area (TPSA) is 74.8 Å². The highest BCUT2D eigenvalue weighted by Crippen LogP contribution is 2.21. The highest BCUT2D eigenvalue weighted by molar-refractivity contribution is 5.97. The van der Waals surface area contributed by atoms with E-state index in [9.17, 15) is 14.0 Å². The Kier molecular flexibility index (Phi) is 5.54. The molecule has 1 saturated heterocycles. The zero-order chi connectivity index (χ0) is 19.4. The van der Waals surface area contributed by atoms with Crippen LogP contribution in [0.25, 0.3) is 0 Å². The monoisotopic (exact) mass is 372 g/mol. The Balaban J connectivity index is 1.62. The summed E-state index contributed by atoms with van der Waals surface area (Å²) in [6, 6.07) is 8.28. The van der Waals surface area contributed by atoms with Gasteiger partial charge in [-0.3, -0.25) is 9.78 Å². The average molecular weight is 372 g/mol. The normalized spacial score (nSPS) is 15.4. The van der Waals surface area contributed by atoms with E-state index in [0.717, 1.165) is 11.8 Å². The van der Waals surface area contributed by atoms with Gasteiger partial charge in [-0.05, 0) is 30.7 Å². The minimum atomic E-state index is -0.560. The molecule has 2 heterocycles. The lowest BCUT2D eigenvalue weighted by Crippen LogP contribution is -2.55. The summed E-state index contributed by atoms with van der Waals surface area (Å²) in [6.07, 6.45) is 2.50. The summed E-state index contributed by atoms with van der Waals surface area (Å²) in [6.45, 7) is 2.28. The van der Waals surface area contributed by atoms with Crippen LogP contribution < -0.4 is 15.0 Å². The van der Waals surface area contributed by atoms with Crippen molar-refractivity contribution in [2.24, 2.45) is 0 Å². The van der Waals surface area contributed by atoms with Crippen LogP contribution in [0.15, 0.2) is 42.7 Å². The highest BCUT2D eigenvalue weighted by Gasteiger charge is 2.30. The van der Waals surface area contributed by atoms with E-state index in [1.807, 2.05) is 31.2 Å². The van der Waals surface area contributed by atoms with Crippen molar-refractivity contribution >= 4 is 17.6 Å². The summed E-state index contributed by atoms with van der Waals surface area (Å²) < 4.78 is 19.1. The molecule has 0 bridgehead atoms. The van der Waals surface area contributed by atoms with E-state index in [1.165, 1.54) is 22.1 Å². The Labute approximate surface area is 156 Å². The summed E-state index contributed by atoms with van der Waals surface area (Å²) in [5, 5.41) is 2.88. The molecule has 3 rings (SSSR count). The second-order valence-corrected chi connectivity index (χ2v) is 6.24. The van der Waals surface area contributed by atoms with Gasteiger partial charge in [0.05, 0.1) is 25.0 Å². The first kappa shape index (κ1) is 18.6. The average Bonchev–Trinajstić information content (AvgIpc) is 2.68. The van der Waals surface area contributed by atoms with Crippen molar-refractivity contribution in [3.63, 3.8) is 0 Å². The van der Waals surface area contributed by atoms with Crippen LogP contribution in [0.4, 0.5) is 14.9 Å². The van der Waals surface area contributed by atoms with E-state index < -0.39 is 5.82 Å². The second kappa shape index (κ2) is 8.03. The molecule has 1 aromatic carbocycles. The first-order chi connectivity index (χ1) is 13.0. The number of amides is 3. The van der Waals surface area contributed by atoms with Crippen molar-refractivity contribution in [2.75, 3.05) is 31.6 Å². The summed E-state index contributed by atoms with van der Waals surface area (Å²) in [5.74, 6) is -0.192. The zero-order valence-electron chi connectivity index (χ0n) is 15.2. The van der Waals surface area contributed by atoms with Crippen molar-refractivity contribution in [1.82, 2.24) is 15.2 Å². The second-order valence-electron chi connectivity index (χ2n) is 6.24. The highest BCUT2D eigenvalue weighted by atomic mass is 19.1. The van der Waals surface area contributed by atoms with E-state index in [-0.39, 0.29) is 36.8 Å². The molecular weight excluding hydrogens is 351 g/mol. The minimum absolute atomic E-state index is 0.113. The summed E-state index contributed by atoms with van der Waals surface area (Å²) in [7, 11) is 1.58. The molecule has 3 amide bonds. The van der Waals surface area contributed by atoms with Crippen LogP contribution in [0, 0.1) is 5.82 Å². The van der Waals surface area contributed by atoms with Crippen molar-refractivity contribution in [3.8, 4) is 5.75 Å². The number of aromatic nitrogens is 1. The van der Waals surface area contributed by atoms with Crippen LogP contribution in [0.3, 0.4) is 0 Å². The van der Waals surface area contributed by atoms with Gasteiger partial charge in [-0.25, -0.2) is 9.18 Å². The van der Waals surface area contributed by atoms with E-state index in [4.69, 9.17) is 4.74 Å². The van der Waals surface area contributed by atoms with Gasteiger partial charge >= 0.3 is 6.03 Å². The first-order valence-corrected chi connectivity index (χ1v) is 8.59. The zero-order valence-corrected chi connectivity index (χ0v) is 15.2. The fraction of sp³-hybridized carbons (Fsp3) is 0.316. The van der Waals surface area contributed by atoms with Crippen LogP contribution in [0.5, 0.6) is 5.75 Å². The van der Waals surface area contributed by atoms with Gasteiger partial charge in [-0.2, -0.15) is 0 Å². The Morgan fingerprint density at radius 3 is 2.85 bits per heavy atom. The lowest BCUT2D eigenvalue weighted by atomic mass is 10.1. The molecule has 1 N–H and O–H groups in total. The molecule has 0 aliphatic carbocycles. The molecule has 0 unspecified atom stereocenters. The molecule has 1 aromatic heterocycles. The number of hydrogen-bond acceptors (Lipinski definition) is 4. The van der Waals surface area contributed by atoms with Gasteiger partial charge in [0, 0.05) is 19.3 Å². The maximum atomic E-state index is 13.9. The molecular formula is C19H21FN4O3. The van der Waals surface area contributed by atoms with E-state index in [0.29, 0.717) is 12.3 Å². The van der Waals surface area contributed by atoms with Crippen LogP contribution in [-0.4, -0.2) is 48.6 Å². The van der Waals surface area contributed by atoms with E-state index in [1.54, 1.807) is 7.11 Å². The number of ether oxygens (including phenoxy) is 1. The van der Waals surface area contributed by atoms with Gasteiger partial charge in [-0.15, -0.1) is 0 Å². The predicted octanol–water partition coefficient (Wildman–Crippen LogP) is 2.35. The molecule has 1 atom stereocenters. The smallest absolute Gasteiger partial charge is 0.318 e. The molecule has 2 aromatic rings. The number of carbonyl (C=O) groups excluding carboxylic acids is 2. The van der Waals surface area contributed by atoms with Crippen molar-refractivity contribution in [3.05, 3.63) is 54.1 Å². The maximum absolute atomic E-state index is 13.9. The number of nitrogens with zero attached hydrogens (tertiary/aromatic N) is 3. The number of nitrogens with one attached hydrogen (secondary N) is 1. The number of hydrogen-bond donors (Lipinski definition) is 1. The molecule has 7 nitrogen and oxygen atoms in total. The molecule has 1 aliphatic rings. The Morgan fingerprint density at radius 2 is 2.15 bits per heavy atom. The molecule has 0 spiro atoms. The number of benzene rings is 1. The summed E-state index contributed by atoms with van der Waals surface area (Å²) >= 11 is 0. The summed E-state index contributed by atoms with van der Waals surface area (Å²) in [5.41, 5.74) is 1.08. The van der Waals surface area contributed by atoms with Gasteiger partial charge in [0.25, 0.3) is 0 Å². The molecule has 27 heavy (non-hydrogen) atoms. The van der Waals surface area contributed by atoms with Crippen LogP contribution in [0.1, 0.15) is 18.5 Å². The predicted molar refractivity (Wildman–Crippen MR) is 98.1 cm³/mol. The third-order valence-electron chi connectivity index (χ3n) is 4.48. The van der Waals surface area contributed by atoms with Crippen LogP contribution >= 0.6 is 0 Å². The van der Waals surface area contributed by atoms with Gasteiger partial charge in [0.15, 0.2) is 5.82 Å². The number of urea groups is 1. The number of piperazine rings is 1. The molecule has 1 aliphatic heterocycles. The first-order valence-electron chi connectivity index (χ1n) is 8.59. The molecule has 0 radical (unpaired) electrons. The number of halogens is 1. The third kappa shape index (κ3) is 4.16. The SMILES string of the molecule is COc1cccc([C@@H](C)NC(=O)N2CCN(c3ccncc3F)C(=O)C2)c1. The maximum Gasteiger partial charge on any atom is 0.318 e. The van der Waals surface area contributed by atoms with Crippen molar-refractivity contribution < 1.29 is 18.7 Å². The Bertz CT molecular complexity index is 845. The molecule has 8 heteroatoms. The quantitative estimate of drug-likeness (QED) is 0.894. The van der Waals surface area contributed by atoms with Gasteiger partial charge in [0.2, 0.25) is 5.91 Å². The van der Waals surface area contributed by atoms with Crippen molar-refractivity contribution in [2.45, 2.75) is 13.0 Å².